The second-order valence-electron chi connectivity index (χ2n) is 8.26. The number of para-hydroxylation sites is 2. The molecule has 0 unspecified atom stereocenters. The Morgan fingerprint density at radius 3 is 2.73 bits per heavy atom. The molecule has 0 saturated carbocycles. The molecule has 2 aromatic carbocycles. The van der Waals surface area contributed by atoms with E-state index in [1.54, 1.807) is 19.3 Å². The van der Waals surface area contributed by atoms with Gasteiger partial charge in [-0.1, -0.05) is 24.3 Å². The van der Waals surface area contributed by atoms with E-state index in [-0.39, 0.29) is 5.91 Å². The number of furan rings is 1. The van der Waals surface area contributed by atoms with Crippen molar-refractivity contribution >= 4 is 22.6 Å². The minimum absolute atomic E-state index is 0.137. The fourth-order valence-corrected chi connectivity index (χ4v) is 4.86. The molecule has 0 radical (unpaired) electrons. The van der Waals surface area contributed by atoms with Gasteiger partial charge in [-0.2, -0.15) is 0 Å². The van der Waals surface area contributed by atoms with Crippen LogP contribution in [-0.2, 0) is 0 Å². The molecule has 1 fully saturated rings. The third-order valence-electron chi connectivity index (χ3n) is 6.46. The van der Waals surface area contributed by atoms with Crippen LogP contribution in [-0.4, -0.2) is 48.9 Å². The average Bonchev–Trinajstić information content (AvgIpc) is 3.29. The third-order valence-corrected chi connectivity index (χ3v) is 6.46. The quantitative estimate of drug-likeness (QED) is 0.654. The Kier molecular flexibility index (Phi) is 5.32. The van der Waals surface area contributed by atoms with Crippen LogP contribution < -0.4 is 15.2 Å². The van der Waals surface area contributed by atoms with Crippen LogP contribution >= 0.6 is 0 Å². The van der Waals surface area contributed by atoms with Crippen molar-refractivity contribution in [2.75, 3.05) is 26.7 Å². The molecule has 7 nitrogen and oxygen atoms in total. The van der Waals surface area contributed by atoms with Gasteiger partial charge < -0.3 is 24.5 Å². The van der Waals surface area contributed by atoms with Gasteiger partial charge in [-0.15, -0.1) is 0 Å². The largest absolute Gasteiger partial charge is 0.490 e. The van der Waals surface area contributed by atoms with Crippen LogP contribution in [0.1, 0.15) is 35.9 Å². The zero-order valence-electron chi connectivity index (χ0n) is 18.8. The van der Waals surface area contributed by atoms with Crippen LogP contribution in [0.3, 0.4) is 0 Å². The fraction of sp³-hybridized carbons (Fsp3) is 0.308. The molecule has 1 spiro atoms. The summed E-state index contributed by atoms with van der Waals surface area (Å²) < 4.78 is 18.1. The molecule has 0 aliphatic carbocycles. The Labute approximate surface area is 192 Å². The lowest BCUT2D eigenvalue weighted by Crippen LogP contribution is -2.54. The summed E-state index contributed by atoms with van der Waals surface area (Å²) in [5, 5.41) is 0.849. The number of amides is 1. The van der Waals surface area contributed by atoms with Crippen molar-refractivity contribution in [2.45, 2.75) is 25.4 Å². The summed E-state index contributed by atoms with van der Waals surface area (Å²) in [6, 6.07) is 15.3. The van der Waals surface area contributed by atoms with E-state index in [4.69, 9.17) is 19.6 Å². The number of carbonyl (C=O) groups is 1. The van der Waals surface area contributed by atoms with Crippen LogP contribution in [0.25, 0.3) is 11.0 Å². The molecule has 2 aliphatic rings. The molecule has 0 bridgehead atoms. The SMILES string of the molecule is CCOc1cccc2cc(C(=O)N3CCC4(CC3)Oc3ccccc3C(=NC)C4=CN)oc12. The Balaban J connectivity index is 1.39. The molecular formula is C26H27N3O4. The summed E-state index contributed by atoms with van der Waals surface area (Å²) in [5.41, 5.74) is 8.72. The summed E-state index contributed by atoms with van der Waals surface area (Å²) in [7, 11) is 1.77. The molecule has 0 atom stereocenters. The van der Waals surface area contributed by atoms with Crippen molar-refractivity contribution in [3.63, 3.8) is 0 Å². The Bertz CT molecular complexity index is 1270. The lowest BCUT2D eigenvalue weighted by atomic mass is 9.78. The van der Waals surface area contributed by atoms with E-state index in [0.717, 1.165) is 28.0 Å². The average molecular weight is 446 g/mol. The molecule has 2 N–H and O–H groups in total. The number of ether oxygens (including phenoxy) is 2. The maximum absolute atomic E-state index is 13.3. The predicted molar refractivity (Wildman–Crippen MR) is 127 cm³/mol. The first kappa shape index (κ1) is 21.1. The molecule has 1 amide bonds. The molecule has 7 heteroatoms. The number of hydrogen-bond donors (Lipinski definition) is 1. The van der Waals surface area contributed by atoms with Crippen LogP contribution in [0, 0.1) is 0 Å². The van der Waals surface area contributed by atoms with Gasteiger partial charge in [0.1, 0.15) is 11.4 Å². The molecule has 1 aromatic heterocycles. The first-order valence-corrected chi connectivity index (χ1v) is 11.2. The minimum Gasteiger partial charge on any atom is -0.490 e. The molecular weight excluding hydrogens is 418 g/mol. The Morgan fingerprint density at radius 2 is 2.00 bits per heavy atom. The number of rotatable bonds is 3. The monoisotopic (exact) mass is 445 g/mol. The molecule has 5 rings (SSSR count). The number of benzene rings is 2. The van der Waals surface area contributed by atoms with Crippen molar-refractivity contribution < 1.29 is 18.7 Å². The highest BCUT2D eigenvalue weighted by Gasteiger charge is 2.46. The zero-order chi connectivity index (χ0) is 23.0. The number of hydrogen-bond acceptors (Lipinski definition) is 6. The topological polar surface area (TPSA) is 90.3 Å². The summed E-state index contributed by atoms with van der Waals surface area (Å²) >= 11 is 0. The molecule has 3 heterocycles. The van der Waals surface area contributed by atoms with Crippen LogP contribution in [0.5, 0.6) is 11.5 Å². The second kappa shape index (κ2) is 8.31. The number of carbonyl (C=O) groups excluding carboxylic acids is 1. The summed E-state index contributed by atoms with van der Waals surface area (Å²) in [6.07, 6.45) is 2.82. The first-order chi connectivity index (χ1) is 16.1. The van der Waals surface area contributed by atoms with E-state index in [2.05, 4.69) is 4.99 Å². The normalized spacial score (nSPS) is 19.6. The first-order valence-electron chi connectivity index (χ1n) is 11.2. The lowest BCUT2D eigenvalue weighted by molar-refractivity contribution is 0.0270. The van der Waals surface area contributed by atoms with Crippen molar-refractivity contribution in [2.24, 2.45) is 10.7 Å². The Morgan fingerprint density at radius 1 is 1.21 bits per heavy atom. The standard InChI is InChI=1S/C26H27N3O4/c1-3-31-21-10-6-7-17-15-22(32-24(17)21)25(30)29-13-11-26(12-14-29)19(16-27)23(28-2)18-8-4-5-9-20(18)33-26/h4-10,15-16H,3,11-14,27H2,1-2H3. The van der Waals surface area contributed by atoms with Gasteiger partial charge in [0.15, 0.2) is 17.1 Å². The highest BCUT2D eigenvalue weighted by Crippen LogP contribution is 2.43. The van der Waals surface area contributed by atoms with Gasteiger partial charge in [-0.3, -0.25) is 9.79 Å². The highest BCUT2D eigenvalue weighted by atomic mass is 16.5. The minimum atomic E-state index is -0.606. The van der Waals surface area contributed by atoms with E-state index in [0.29, 0.717) is 49.6 Å². The van der Waals surface area contributed by atoms with Gasteiger partial charge >= 0.3 is 0 Å². The van der Waals surface area contributed by atoms with Crippen LogP contribution in [0.15, 0.2) is 69.7 Å². The van der Waals surface area contributed by atoms with Crippen molar-refractivity contribution in [3.05, 3.63) is 71.6 Å². The second-order valence-corrected chi connectivity index (χ2v) is 8.26. The summed E-state index contributed by atoms with van der Waals surface area (Å²) in [6.45, 7) is 3.48. The number of nitrogens with zero attached hydrogens (tertiary/aromatic N) is 2. The van der Waals surface area contributed by atoms with Gasteiger partial charge in [-0.05, 0) is 31.2 Å². The van der Waals surface area contributed by atoms with E-state index in [1.807, 2.05) is 54.3 Å². The van der Waals surface area contributed by atoms with Crippen molar-refractivity contribution in [1.82, 2.24) is 4.90 Å². The van der Waals surface area contributed by atoms with Crippen LogP contribution in [0.4, 0.5) is 0 Å². The van der Waals surface area contributed by atoms with E-state index in [1.165, 1.54) is 0 Å². The summed E-state index contributed by atoms with van der Waals surface area (Å²) in [5.74, 6) is 1.62. The zero-order valence-corrected chi connectivity index (χ0v) is 18.8. The highest BCUT2D eigenvalue weighted by molar-refractivity contribution is 6.16. The van der Waals surface area contributed by atoms with E-state index < -0.39 is 5.60 Å². The molecule has 2 aliphatic heterocycles. The number of likely N-dealkylation sites (tertiary alicyclic amines) is 1. The number of nitrogens with two attached hydrogens (primary N) is 1. The fourth-order valence-electron chi connectivity index (χ4n) is 4.86. The predicted octanol–water partition coefficient (Wildman–Crippen LogP) is 4.16. The lowest BCUT2D eigenvalue weighted by Gasteiger charge is -2.46. The van der Waals surface area contributed by atoms with Crippen molar-refractivity contribution in [1.29, 1.82) is 0 Å². The molecule has 33 heavy (non-hydrogen) atoms. The molecule has 1 saturated heterocycles. The smallest absolute Gasteiger partial charge is 0.289 e. The van der Waals surface area contributed by atoms with Crippen molar-refractivity contribution in [3.8, 4) is 11.5 Å². The molecule has 170 valence electrons. The number of aliphatic imine (C=N–C) groups is 1. The summed E-state index contributed by atoms with van der Waals surface area (Å²) in [4.78, 5) is 19.6. The third kappa shape index (κ3) is 3.44. The van der Waals surface area contributed by atoms with Gasteiger partial charge in [0, 0.05) is 55.7 Å². The van der Waals surface area contributed by atoms with E-state index >= 15 is 0 Å². The number of fused-ring (bicyclic) bond motifs is 2. The maximum Gasteiger partial charge on any atom is 0.289 e. The van der Waals surface area contributed by atoms with Gasteiger partial charge in [-0.25, -0.2) is 0 Å². The van der Waals surface area contributed by atoms with E-state index in [9.17, 15) is 4.79 Å². The number of piperidine rings is 1. The van der Waals surface area contributed by atoms with Gasteiger partial charge in [0.05, 0.1) is 12.3 Å². The Hall–Kier alpha value is -3.74. The van der Waals surface area contributed by atoms with Gasteiger partial charge in [0.25, 0.3) is 5.91 Å². The maximum atomic E-state index is 13.3. The van der Waals surface area contributed by atoms with Crippen LogP contribution in [0.2, 0.25) is 0 Å². The molecule has 3 aromatic rings. The van der Waals surface area contributed by atoms with Gasteiger partial charge in [0.2, 0.25) is 0 Å².